The standard InChI is InChI=1S/C7H9N3O2/c8-10(9)7(11)12-6-4-2-1-3-5-6/h1-5H,8-9H2. The molecule has 64 valence electrons. The number of rotatable bonds is 1. The maximum atomic E-state index is 10.8. The molecule has 0 aliphatic carbocycles. The molecule has 0 aliphatic heterocycles. The Kier molecular flexibility index (Phi) is 2.62. The Morgan fingerprint density at radius 2 is 1.83 bits per heavy atom. The number of hydrogen-bond acceptors (Lipinski definition) is 4. The van der Waals surface area contributed by atoms with Gasteiger partial charge in [0.15, 0.2) is 0 Å². The van der Waals surface area contributed by atoms with E-state index in [1.165, 1.54) is 0 Å². The predicted molar refractivity (Wildman–Crippen MR) is 42.7 cm³/mol. The van der Waals surface area contributed by atoms with Gasteiger partial charge in [0.25, 0.3) is 0 Å². The third-order valence-electron chi connectivity index (χ3n) is 1.16. The minimum Gasteiger partial charge on any atom is -0.408 e. The Bertz CT molecular complexity index is 261. The average Bonchev–Trinajstić information content (AvgIpc) is 2.06. The van der Waals surface area contributed by atoms with Crippen molar-refractivity contribution in [3.05, 3.63) is 30.3 Å². The number of hydrogen-bond donors (Lipinski definition) is 2. The first-order valence-electron chi connectivity index (χ1n) is 3.26. The zero-order valence-electron chi connectivity index (χ0n) is 6.31. The molecule has 0 atom stereocenters. The van der Waals surface area contributed by atoms with E-state index in [0.29, 0.717) is 10.9 Å². The number of nitrogens with two attached hydrogens (primary N) is 2. The third-order valence-corrected chi connectivity index (χ3v) is 1.16. The van der Waals surface area contributed by atoms with Crippen LogP contribution in [0.15, 0.2) is 30.3 Å². The first-order valence-corrected chi connectivity index (χ1v) is 3.26. The van der Waals surface area contributed by atoms with Gasteiger partial charge < -0.3 is 4.74 Å². The number of benzene rings is 1. The van der Waals surface area contributed by atoms with Crippen LogP contribution in [0.4, 0.5) is 4.79 Å². The smallest absolute Gasteiger partial charge is 0.408 e. The van der Waals surface area contributed by atoms with Crippen molar-refractivity contribution in [3.63, 3.8) is 0 Å². The van der Waals surface area contributed by atoms with Crippen LogP contribution in [0.25, 0.3) is 0 Å². The molecule has 0 heterocycles. The molecule has 1 rings (SSSR count). The van der Waals surface area contributed by atoms with E-state index in [1.807, 2.05) is 0 Å². The lowest BCUT2D eigenvalue weighted by Crippen LogP contribution is -2.45. The molecular weight excluding hydrogens is 158 g/mol. The van der Waals surface area contributed by atoms with Gasteiger partial charge in [-0.2, -0.15) is 5.12 Å². The molecule has 0 aliphatic rings. The van der Waals surface area contributed by atoms with Crippen molar-refractivity contribution in [2.24, 2.45) is 11.7 Å². The highest BCUT2D eigenvalue weighted by molar-refractivity contribution is 5.69. The molecule has 0 aromatic heterocycles. The van der Waals surface area contributed by atoms with E-state index in [9.17, 15) is 4.79 Å². The predicted octanol–water partition coefficient (Wildman–Crippen LogP) is 0.235. The summed E-state index contributed by atoms with van der Waals surface area (Å²) in [6.45, 7) is 0. The van der Waals surface area contributed by atoms with Crippen LogP contribution in [0.5, 0.6) is 5.75 Å². The minimum atomic E-state index is -0.804. The Morgan fingerprint density at radius 1 is 1.25 bits per heavy atom. The maximum absolute atomic E-state index is 10.8. The van der Waals surface area contributed by atoms with Crippen molar-refractivity contribution in [1.29, 1.82) is 0 Å². The van der Waals surface area contributed by atoms with E-state index in [-0.39, 0.29) is 0 Å². The monoisotopic (exact) mass is 167 g/mol. The lowest BCUT2D eigenvalue weighted by molar-refractivity contribution is 0.153. The summed E-state index contributed by atoms with van der Waals surface area (Å²) < 4.78 is 4.71. The number of carbonyl (C=O) groups excluding carboxylic acids is 1. The van der Waals surface area contributed by atoms with Gasteiger partial charge in [-0.1, -0.05) is 18.2 Å². The van der Waals surface area contributed by atoms with Gasteiger partial charge in [0, 0.05) is 0 Å². The van der Waals surface area contributed by atoms with E-state index in [2.05, 4.69) is 0 Å². The summed E-state index contributed by atoms with van der Waals surface area (Å²) >= 11 is 0. The molecule has 0 radical (unpaired) electrons. The van der Waals surface area contributed by atoms with Crippen molar-refractivity contribution in [1.82, 2.24) is 5.12 Å². The highest BCUT2D eigenvalue weighted by Gasteiger charge is 2.06. The minimum absolute atomic E-state index is 0.382. The molecule has 0 spiro atoms. The lowest BCUT2D eigenvalue weighted by atomic mass is 10.3. The topological polar surface area (TPSA) is 81.6 Å². The van der Waals surface area contributed by atoms with Gasteiger partial charge in [-0.15, -0.1) is 0 Å². The zero-order valence-corrected chi connectivity index (χ0v) is 6.31. The molecule has 0 fully saturated rings. The third kappa shape index (κ3) is 2.22. The van der Waals surface area contributed by atoms with Crippen LogP contribution >= 0.6 is 0 Å². The molecule has 5 heteroatoms. The largest absolute Gasteiger partial charge is 0.444 e. The molecule has 4 N–H and O–H groups in total. The summed E-state index contributed by atoms with van der Waals surface area (Å²) in [6, 6.07) is 8.53. The fraction of sp³-hybridized carbons (Fsp3) is 0. The van der Waals surface area contributed by atoms with Crippen LogP contribution in [0.1, 0.15) is 0 Å². The number of amides is 1. The molecule has 0 unspecified atom stereocenters. The average molecular weight is 167 g/mol. The van der Waals surface area contributed by atoms with E-state index in [0.717, 1.165) is 0 Å². The van der Waals surface area contributed by atoms with Crippen molar-refractivity contribution in [2.45, 2.75) is 0 Å². The quantitative estimate of drug-likeness (QED) is 0.356. The second-order valence-electron chi connectivity index (χ2n) is 2.09. The highest BCUT2D eigenvalue weighted by atomic mass is 16.6. The molecular formula is C7H9N3O2. The molecule has 1 aromatic carbocycles. The van der Waals surface area contributed by atoms with Crippen molar-refractivity contribution in [3.8, 4) is 5.75 Å². The summed E-state index contributed by atoms with van der Waals surface area (Å²) in [5, 5.41) is 0.382. The van der Waals surface area contributed by atoms with Gasteiger partial charge in [0.1, 0.15) is 5.75 Å². The normalized spacial score (nSPS) is 9.17. The van der Waals surface area contributed by atoms with Crippen LogP contribution in [0.2, 0.25) is 0 Å². The van der Waals surface area contributed by atoms with E-state index in [1.54, 1.807) is 30.3 Å². The van der Waals surface area contributed by atoms with Gasteiger partial charge in [-0.3, -0.25) is 0 Å². The van der Waals surface area contributed by atoms with Gasteiger partial charge in [-0.05, 0) is 12.1 Å². The number of para-hydroxylation sites is 1. The molecule has 1 amide bonds. The molecule has 0 saturated heterocycles. The van der Waals surface area contributed by atoms with Gasteiger partial charge in [0.05, 0.1) is 0 Å². The number of hydrazine groups is 2. The van der Waals surface area contributed by atoms with E-state index < -0.39 is 6.09 Å². The Labute approximate surface area is 69.5 Å². The number of nitrogens with zero attached hydrogens (tertiary/aromatic N) is 1. The SMILES string of the molecule is NN(N)C(=O)Oc1ccccc1. The molecule has 0 saturated carbocycles. The van der Waals surface area contributed by atoms with E-state index >= 15 is 0 Å². The Hall–Kier alpha value is -1.59. The van der Waals surface area contributed by atoms with Crippen LogP contribution in [-0.4, -0.2) is 11.2 Å². The number of carbonyl (C=O) groups is 1. The fourth-order valence-corrected chi connectivity index (χ4v) is 0.642. The van der Waals surface area contributed by atoms with Crippen molar-refractivity contribution < 1.29 is 9.53 Å². The van der Waals surface area contributed by atoms with Gasteiger partial charge in [-0.25, -0.2) is 16.5 Å². The molecule has 1 aromatic rings. The van der Waals surface area contributed by atoms with Gasteiger partial charge >= 0.3 is 6.09 Å². The fourth-order valence-electron chi connectivity index (χ4n) is 0.642. The van der Waals surface area contributed by atoms with Crippen molar-refractivity contribution >= 4 is 6.09 Å². The zero-order chi connectivity index (χ0) is 8.97. The summed E-state index contributed by atoms with van der Waals surface area (Å²) in [4.78, 5) is 10.8. The van der Waals surface area contributed by atoms with Crippen LogP contribution in [0, 0.1) is 0 Å². The Balaban J connectivity index is 2.59. The lowest BCUT2D eigenvalue weighted by Gasteiger charge is -2.08. The maximum Gasteiger partial charge on any atom is 0.444 e. The molecule has 12 heavy (non-hydrogen) atoms. The first kappa shape index (κ1) is 8.51. The summed E-state index contributed by atoms with van der Waals surface area (Å²) in [5.74, 6) is 10.2. The van der Waals surface area contributed by atoms with Crippen LogP contribution in [-0.2, 0) is 0 Å². The summed E-state index contributed by atoms with van der Waals surface area (Å²) in [6.07, 6.45) is -0.804. The summed E-state index contributed by atoms with van der Waals surface area (Å²) in [7, 11) is 0. The second-order valence-corrected chi connectivity index (χ2v) is 2.09. The molecule has 5 nitrogen and oxygen atoms in total. The van der Waals surface area contributed by atoms with Gasteiger partial charge in [0.2, 0.25) is 0 Å². The van der Waals surface area contributed by atoms with Crippen LogP contribution in [0.3, 0.4) is 0 Å². The van der Waals surface area contributed by atoms with E-state index in [4.69, 9.17) is 16.4 Å². The molecule has 0 bridgehead atoms. The Morgan fingerprint density at radius 3 is 2.33 bits per heavy atom. The first-order chi connectivity index (χ1) is 5.70. The highest BCUT2D eigenvalue weighted by Crippen LogP contribution is 2.08. The number of ether oxygens (including phenoxy) is 1. The second kappa shape index (κ2) is 3.70. The van der Waals surface area contributed by atoms with Crippen molar-refractivity contribution in [2.75, 3.05) is 0 Å². The van der Waals surface area contributed by atoms with Crippen LogP contribution < -0.4 is 16.4 Å². The summed E-state index contributed by atoms with van der Waals surface area (Å²) in [5.41, 5.74) is 0.